The molecule has 0 spiro atoms. The van der Waals surface area contributed by atoms with Crippen LogP contribution in [0.2, 0.25) is 0 Å². The van der Waals surface area contributed by atoms with Crippen LogP contribution in [0.3, 0.4) is 0 Å². The summed E-state index contributed by atoms with van der Waals surface area (Å²) < 4.78 is 0. The van der Waals surface area contributed by atoms with Crippen LogP contribution in [0.25, 0.3) is 0 Å². The van der Waals surface area contributed by atoms with Crippen molar-refractivity contribution < 1.29 is 0 Å². The van der Waals surface area contributed by atoms with Gasteiger partial charge in [0.2, 0.25) is 0 Å². The Hall–Kier alpha value is -0.810. The summed E-state index contributed by atoms with van der Waals surface area (Å²) in [4.78, 5) is 8.86. The summed E-state index contributed by atoms with van der Waals surface area (Å²) in [6.45, 7) is 6.29. The fourth-order valence-corrected chi connectivity index (χ4v) is 3.98. The molecule has 0 radical (unpaired) electrons. The topological polar surface area (TPSA) is 63.8 Å². The van der Waals surface area contributed by atoms with Crippen LogP contribution in [0.15, 0.2) is 5.03 Å². The van der Waals surface area contributed by atoms with Crippen LogP contribution in [0.5, 0.6) is 0 Å². The van der Waals surface area contributed by atoms with Gasteiger partial charge in [-0.2, -0.15) is 0 Å². The number of thioether (sulfide) groups is 1. The number of hydrogen-bond acceptors (Lipinski definition) is 5. The fraction of sp³-hybridized carbons (Fsp3) is 0.692. The smallest absolute Gasteiger partial charge is 0.147 e. The second-order valence-electron chi connectivity index (χ2n) is 5.21. The number of hydrogen-bond donors (Lipinski definition) is 2. The summed E-state index contributed by atoms with van der Waals surface area (Å²) in [5.74, 6) is 7.86. The van der Waals surface area contributed by atoms with E-state index in [1.54, 1.807) is 0 Å². The van der Waals surface area contributed by atoms with E-state index in [0.717, 1.165) is 28.1 Å². The Balaban J connectivity index is 2.15. The average molecular weight is 266 g/mol. The minimum atomic E-state index is 0.687. The Kier molecular flexibility index (Phi) is 4.45. The molecule has 18 heavy (non-hydrogen) atoms. The second kappa shape index (κ2) is 5.89. The van der Waals surface area contributed by atoms with E-state index in [1.807, 2.05) is 25.6 Å². The number of hydrazine groups is 1. The maximum Gasteiger partial charge on any atom is 0.147 e. The van der Waals surface area contributed by atoms with Crippen LogP contribution in [0.4, 0.5) is 5.82 Å². The van der Waals surface area contributed by atoms with Crippen molar-refractivity contribution in [1.82, 2.24) is 9.97 Å². The van der Waals surface area contributed by atoms with Crippen LogP contribution >= 0.6 is 11.8 Å². The lowest BCUT2D eigenvalue weighted by molar-refractivity contribution is 0.394. The predicted molar refractivity (Wildman–Crippen MR) is 76.6 cm³/mol. The molecule has 3 N–H and O–H groups in total. The third-order valence-electron chi connectivity index (χ3n) is 3.52. The number of rotatable bonds is 3. The molecule has 2 atom stereocenters. The summed E-state index contributed by atoms with van der Waals surface area (Å²) in [5, 5.41) is 1.77. The van der Waals surface area contributed by atoms with E-state index < -0.39 is 0 Å². The molecule has 1 heterocycles. The molecule has 1 aliphatic rings. The maximum absolute atomic E-state index is 5.49. The molecule has 0 bridgehead atoms. The quantitative estimate of drug-likeness (QED) is 0.500. The van der Waals surface area contributed by atoms with Crippen molar-refractivity contribution in [3.05, 3.63) is 11.4 Å². The summed E-state index contributed by atoms with van der Waals surface area (Å²) in [6, 6.07) is 0. The molecule has 2 rings (SSSR count). The van der Waals surface area contributed by atoms with Gasteiger partial charge < -0.3 is 5.43 Å². The van der Waals surface area contributed by atoms with Crippen molar-refractivity contribution in [3.63, 3.8) is 0 Å². The van der Waals surface area contributed by atoms with Gasteiger partial charge in [-0.1, -0.05) is 19.8 Å². The van der Waals surface area contributed by atoms with Crippen LogP contribution in [-0.2, 0) is 0 Å². The van der Waals surface area contributed by atoms with Gasteiger partial charge in [0, 0.05) is 10.8 Å². The average Bonchev–Trinajstić information content (AvgIpc) is 2.33. The first-order chi connectivity index (χ1) is 8.60. The van der Waals surface area contributed by atoms with E-state index in [-0.39, 0.29) is 0 Å². The molecule has 100 valence electrons. The second-order valence-corrected chi connectivity index (χ2v) is 6.49. The molecule has 5 heteroatoms. The fourth-order valence-electron chi connectivity index (χ4n) is 2.50. The van der Waals surface area contributed by atoms with Crippen molar-refractivity contribution in [1.29, 1.82) is 0 Å². The van der Waals surface area contributed by atoms with Gasteiger partial charge in [-0.15, -0.1) is 11.8 Å². The van der Waals surface area contributed by atoms with Crippen LogP contribution in [0, 0.1) is 19.8 Å². The number of aryl methyl sites for hydroxylation is 1. The molecular weight excluding hydrogens is 244 g/mol. The van der Waals surface area contributed by atoms with Gasteiger partial charge in [0.25, 0.3) is 0 Å². The van der Waals surface area contributed by atoms with Crippen molar-refractivity contribution in [2.45, 2.75) is 56.7 Å². The third kappa shape index (κ3) is 3.14. The molecule has 1 saturated carbocycles. The lowest BCUT2D eigenvalue weighted by Gasteiger charge is -2.26. The van der Waals surface area contributed by atoms with Gasteiger partial charge in [0.1, 0.15) is 16.7 Å². The number of aromatic nitrogens is 2. The highest BCUT2D eigenvalue weighted by molar-refractivity contribution is 7.99. The number of nitrogen functional groups attached to an aromatic ring is 1. The Bertz CT molecular complexity index is 422. The molecule has 0 amide bonds. The summed E-state index contributed by atoms with van der Waals surface area (Å²) in [5.41, 5.74) is 3.72. The molecule has 4 nitrogen and oxygen atoms in total. The van der Waals surface area contributed by atoms with Crippen LogP contribution < -0.4 is 11.3 Å². The van der Waals surface area contributed by atoms with Gasteiger partial charge >= 0.3 is 0 Å². The standard InChI is InChI=1S/C13H22N4S/c1-8-5-4-6-11(7-8)18-13-9(2)12(17-14)15-10(3)16-13/h8,11H,4-7,14H2,1-3H3,(H,15,16,17). The van der Waals surface area contributed by atoms with Gasteiger partial charge in [-0.05, 0) is 32.6 Å². The number of nitrogens with two attached hydrogens (primary N) is 1. The molecule has 1 fully saturated rings. The zero-order valence-corrected chi connectivity index (χ0v) is 12.2. The minimum Gasteiger partial charge on any atom is -0.308 e. The zero-order valence-electron chi connectivity index (χ0n) is 11.4. The molecule has 1 aromatic rings. The Morgan fingerprint density at radius 1 is 1.28 bits per heavy atom. The molecule has 0 saturated heterocycles. The van der Waals surface area contributed by atoms with Crippen molar-refractivity contribution in [3.8, 4) is 0 Å². The van der Waals surface area contributed by atoms with Crippen LogP contribution in [-0.4, -0.2) is 15.2 Å². The molecule has 1 aromatic heterocycles. The first-order valence-electron chi connectivity index (χ1n) is 6.58. The third-order valence-corrected chi connectivity index (χ3v) is 4.90. The highest BCUT2D eigenvalue weighted by Crippen LogP contribution is 2.37. The summed E-state index contributed by atoms with van der Waals surface area (Å²) >= 11 is 1.89. The lowest BCUT2D eigenvalue weighted by Crippen LogP contribution is -2.16. The van der Waals surface area contributed by atoms with E-state index in [0.29, 0.717) is 5.25 Å². The lowest BCUT2D eigenvalue weighted by atomic mass is 9.91. The van der Waals surface area contributed by atoms with E-state index in [1.165, 1.54) is 25.7 Å². The Morgan fingerprint density at radius 3 is 2.72 bits per heavy atom. The SMILES string of the molecule is Cc1nc(NN)c(C)c(SC2CCCC(C)C2)n1. The molecular formula is C13H22N4S. The molecule has 0 aromatic carbocycles. The molecule has 0 aliphatic heterocycles. The van der Waals surface area contributed by atoms with Gasteiger partial charge in [0.05, 0.1) is 0 Å². The number of anilines is 1. The van der Waals surface area contributed by atoms with Crippen molar-refractivity contribution in [2.75, 3.05) is 5.43 Å². The van der Waals surface area contributed by atoms with Crippen molar-refractivity contribution >= 4 is 17.6 Å². The minimum absolute atomic E-state index is 0.687. The summed E-state index contributed by atoms with van der Waals surface area (Å²) in [7, 11) is 0. The van der Waals surface area contributed by atoms with Crippen LogP contribution in [0.1, 0.15) is 44.0 Å². The Labute approximate surface area is 113 Å². The monoisotopic (exact) mass is 266 g/mol. The highest BCUT2D eigenvalue weighted by atomic mass is 32.2. The molecule has 1 aliphatic carbocycles. The van der Waals surface area contributed by atoms with E-state index >= 15 is 0 Å². The summed E-state index contributed by atoms with van der Waals surface area (Å²) in [6.07, 6.45) is 5.29. The largest absolute Gasteiger partial charge is 0.308 e. The maximum atomic E-state index is 5.49. The first-order valence-corrected chi connectivity index (χ1v) is 7.46. The number of nitrogens with one attached hydrogen (secondary N) is 1. The van der Waals surface area contributed by atoms with E-state index in [4.69, 9.17) is 5.84 Å². The van der Waals surface area contributed by atoms with E-state index in [2.05, 4.69) is 22.3 Å². The normalized spacial score (nSPS) is 24.0. The molecule has 2 unspecified atom stereocenters. The predicted octanol–water partition coefficient (Wildman–Crippen LogP) is 3.05. The Morgan fingerprint density at radius 2 is 2.06 bits per heavy atom. The first kappa shape index (κ1) is 13.6. The highest BCUT2D eigenvalue weighted by Gasteiger charge is 2.21. The van der Waals surface area contributed by atoms with Gasteiger partial charge in [0.15, 0.2) is 0 Å². The van der Waals surface area contributed by atoms with Gasteiger partial charge in [-0.25, -0.2) is 15.8 Å². The van der Waals surface area contributed by atoms with E-state index in [9.17, 15) is 0 Å². The zero-order chi connectivity index (χ0) is 13.1. The van der Waals surface area contributed by atoms with Crippen molar-refractivity contribution in [2.24, 2.45) is 11.8 Å². The number of nitrogens with zero attached hydrogens (tertiary/aromatic N) is 2. The van der Waals surface area contributed by atoms with Gasteiger partial charge in [-0.3, -0.25) is 0 Å².